The SMILES string of the molecule is CNC(=O)c1c(-c2ccc(F)cc2)oc2cc(N(C)NN)c(C3CN(C(=O)c4cc5cccc(F)c5[nH]4)CCO3)cc12. The Morgan fingerprint density at radius 3 is 2.62 bits per heavy atom. The first-order valence-corrected chi connectivity index (χ1v) is 13.3. The fourth-order valence-corrected chi connectivity index (χ4v) is 5.35. The van der Waals surface area contributed by atoms with Gasteiger partial charge in [-0.25, -0.2) is 8.78 Å². The zero-order valence-electron chi connectivity index (χ0n) is 22.8. The number of carbonyl (C=O) groups excluding carboxylic acids is 2. The van der Waals surface area contributed by atoms with E-state index in [1.807, 2.05) is 0 Å². The Bertz CT molecular complexity index is 1820. The number of para-hydroxylation sites is 1. The number of aromatic nitrogens is 1. The second-order valence-corrected chi connectivity index (χ2v) is 9.99. The highest BCUT2D eigenvalue weighted by molar-refractivity contribution is 6.11. The fraction of sp³-hybridized carbons (Fsp3) is 0.200. The highest BCUT2D eigenvalue weighted by Crippen LogP contribution is 2.40. The van der Waals surface area contributed by atoms with Gasteiger partial charge in [0.15, 0.2) is 0 Å². The zero-order chi connectivity index (χ0) is 29.5. The summed E-state index contributed by atoms with van der Waals surface area (Å²) < 4.78 is 40.2. The summed E-state index contributed by atoms with van der Waals surface area (Å²) in [6.45, 7) is 0.766. The highest BCUT2D eigenvalue weighted by Gasteiger charge is 2.31. The second-order valence-electron chi connectivity index (χ2n) is 9.99. The number of aromatic amines is 1. The number of ether oxygens (including phenoxy) is 1. The minimum atomic E-state index is -0.597. The van der Waals surface area contributed by atoms with E-state index in [-0.39, 0.29) is 47.5 Å². The van der Waals surface area contributed by atoms with Gasteiger partial charge in [-0.3, -0.25) is 20.4 Å². The molecule has 12 heteroatoms. The molecule has 0 radical (unpaired) electrons. The molecule has 1 unspecified atom stereocenters. The predicted octanol–water partition coefficient (Wildman–Crippen LogP) is 4.25. The summed E-state index contributed by atoms with van der Waals surface area (Å²) in [5.74, 6) is 4.52. The third-order valence-corrected chi connectivity index (χ3v) is 7.49. The number of nitrogens with zero attached hydrogens (tertiary/aromatic N) is 2. The van der Waals surface area contributed by atoms with Gasteiger partial charge in [0.1, 0.15) is 34.8 Å². The molecule has 0 aliphatic carbocycles. The standard InChI is InChI=1S/C30H28F2N6O4/c1-34-29(39)26-20-13-19(23(37(2)36-33)14-24(20)42-28(26)16-6-8-18(31)9-7-16)25-15-38(10-11-41-25)30(40)22-12-17-4-3-5-21(32)27(17)35-22/h3-9,12-14,25,35-36H,10-11,15,33H2,1-2H3,(H,34,39). The van der Waals surface area contributed by atoms with Crippen LogP contribution >= 0.6 is 0 Å². The van der Waals surface area contributed by atoms with E-state index in [9.17, 15) is 18.4 Å². The molecule has 1 atom stereocenters. The number of anilines is 1. The Morgan fingerprint density at radius 2 is 1.90 bits per heavy atom. The van der Waals surface area contributed by atoms with Crippen molar-refractivity contribution in [3.63, 3.8) is 0 Å². The van der Waals surface area contributed by atoms with Crippen LogP contribution in [0, 0.1) is 11.6 Å². The quantitative estimate of drug-likeness (QED) is 0.176. The first-order chi connectivity index (χ1) is 20.3. The highest BCUT2D eigenvalue weighted by atomic mass is 19.1. The van der Waals surface area contributed by atoms with E-state index in [2.05, 4.69) is 15.8 Å². The lowest BCUT2D eigenvalue weighted by Crippen LogP contribution is -2.44. The van der Waals surface area contributed by atoms with Crippen LogP contribution in [0.5, 0.6) is 0 Å². The number of benzene rings is 3. The molecule has 42 heavy (non-hydrogen) atoms. The van der Waals surface area contributed by atoms with Crippen LogP contribution in [0.2, 0.25) is 0 Å². The van der Waals surface area contributed by atoms with Crippen molar-refractivity contribution in [3.8, 4) is 11.3 Å². The van der Waals surface area contributed by atoms with E-state index in [0.717, 1.165) is 0 Å². The third kappa shape index (κ3) is 4.75. The molecule has 5 aromatic rings. The molecule has 1 aliphatic rings. The average molecular weight is 575 g/mol. The molecule has 0 spiro atoms. The predicted molar refractivity (Wildman–Crippen MR) is 154 cm³/mol. The Hall–Kier alpha value is -4.78. The molecule has 6 rings (SSSR count). The van der Waals surface area contributed by atoms with Crippen LogP contribution in [0.3, 0.4) is 0 Å². The molecule has 2 aromatic heterocycles. The number of morpholine rings is 1. The summed E-state index contributed by atoms with van der Waals surface area (Å²) in [6, 6.07) is 15.5. The van der Waals surface area contributed by atoms with Gasteiger partial charge in [-0.1, -0.05) is 12.1 Å². The number of hydrazine groups is 2. The molecule has 5 N–H and O–H groups in total. The smallest absolute Gasteiger partial charge is 0.270 e. The van der Waals surface area contributed by atoms with Crippen LogP contribution in [0.15, 0.2) is 65.1 Å². The summed E-state index contributed by atoms with van der Waals surface area (Å²) in [5.41, 5.74) is 5.59. The summed E-state index contributed by atoms with van der Waals surface area (Å²) >= 11 is 0. The number of furan rings is 1. The van der Waals surface area contributed by atoms with Gasteiger partial charge in [-0.15, -0.1) is 0 Å². The normalized spacial score (nSPS) is 15.4. The number of carbonyl (C=O) groups is 2. The number of halogens is 2. The number of H-pyrrole nitrogens is 1. The van der Waals surface area contributed by atoms with E-state index >= 15 is 0 Å². The summed E-state index contributed by atoms with van der Waals surface area (Å²) in [4.78, 5) is 31.1. The number of nitrogens with one attached hydrogen (secondary N) is 3. The monoisotopic (exact) mass is 574 g/mol. The van der Waals surface area contributed by atoms with E-state index < -0.39 is 17.7 Å². The molecule has 3 aromatic carbocycles. The molecule has 1 fully saturated rings. The third-order valence-electron chi connectivity index (χ3n) is 7.49. The van der Waals surface area contributed by atoms with Gasteiger partial charge >= 0.3 is 0 Å². The number of fused-ring (bicyclic) bond motifs is 2. The van der Waals surface area contributed by atoms with Crippen LogP contribution in [-0.4, -0.2) is 55.5 Å². The van der Waals surface area contributed by atoms with E-state index in [0.29, 0.717) is 39.7 Å². The van der Waals surface area contributed by atoms with E-state index in [1.54, 1.807) is 59.4 Å². The van der Waals surface area contributed by atoms with Crippen molar-refractivity contribution in [2.45, 2.75) is 6.10 Å². The van der Waals surface area contributed by atoms with Crippen LogP contribution in [0.1, 0.15) is 32.5 Å². The van der Waals surface area contributed by atoms with Crippen molar-refractivity contribution in [2.75, 3.05) is 38.8 Å². The Labute approximate surface area is 238 Å². The number of nitrogens with two attached hydrogens (primary N) is 1. The molecular weight excluding hydrogens is 546 g/mol. The minimum absolute atomic E-state index is 0.186. The van der Waals surface area contributed by atoms with Crippen molar-refractivity contribution >= 4 is 39.4 Å². The van der Waals surface area contributed by atoms with Gasteiger partial charge in [0.05, 0.1) is 29.9 Å². The topological polar surface area (TPSA) is 129 Å². The first kappa shape index (κ1) is 27.4. The van der Waals surface area contributed by atoms with Gasteiger partial charge in [0, 0.05) is 48.6 Å². The number of amides is 2. The Morgan fingerprint density at radius 1 is 1.12 bits per heavy atom. The lowest BCUT2D eigenvalue weighted by atomic mass is 9.99. The molecule has 216 valence electrons. The molecule has 0 bridgehead atoms. The van der Waals surface area contributed by atoms with Crippen LogP contribution in [0.4, 0.5) is 14.5 Å². The molecule has 1 aliphatic heterocycles. The lowest BCUT2D eigenvalue weighted by molar-refractivity contribution is -0.0227. The fourth-order valence-electron chi connectivity index (χ4n) is 5.35. The lowest BCUT2D eigenvalue weighted by Gasteiger charge is -2.34. The molecular formula is C30H28F2N6O4. The van der Waals surface area contributed by atoms with E-state index in [1.165, 1.54) is 25.2 Å². The zero-order valence-corrected chi connectivity index (χ0v) is 22.8. The maximum absolute atomic E-state index is 14.3. The van der Waals surface area contributed by atoms with Crippen molar-refractivity contribution in [1.82, 2.24) is 20.7 Å². The van der Waals surface area contributed by atoms with Gasteiger partial charge < -0.3 is 24.4 Å². The van der Waals surface area contributed by atoms with Crippen molar-refractivity contribution in [3.05, 3.63) is 89.1 Å². The summed E-state index contributed by atoms with van der Waals surface area (Å²) in [5, 5.41) is 5.33. The summed E-state index contributed by atoms with van der Waals surface area (Å²) in [6.07, 6.45) is -0.597. The molecule has 3 heterocycles. The maximum atomic E-state index is 14.3. The molecule has 0 saturated carbocycles. The number of hydrogen-bond acceptors (Lipinski definition) is 7. The number of rotatable bonds is 6. The van der Waals surface area contributed by atoms with E-state index in [4.69, 9.17) is 15.0 Å². The van der Waals surface area contributed by atoms with Gasteiger partial charge in [-0.2, -0.15) is 5.53 Å². The van der Waals surface area contributed by atoms with Crippen molar-refractivity contribution in [2.24, 2.45) is 5.84 Å². The minimum Gasteiger partial charge on any atom is -0.455 e. The average Bonchev–Trinajstić information content (AvgIpc) is 3.62. The van der Waals surface area contributed by atoms with Crippen LogP contribution in [-0.2, 0) is 4.74 Å². The van der Waals surface area contributed by atoms with Gasteiger partial charge in [0.25, 0.3) is 11.8 Å². The molecule has 1 saturated heterocycles. The summed E-state index contributed by atoms with van der Waals surface area (Å²) in [7, 11) is 3.22. The number of hydrogen-bond donors (Lipinski definition) is 4. The van der Waals surface area contributed by atoms with Crippen LogP contribution in [0.25, 0.3) is 33.2 Å². The van der Waals surface area contributed by atoms with Crippen molar-refractivity contribution < 1.29 is 27.5 Å². The second kappa shape index (κ2) is 10.9. The van der Waals surface area contributed by atoms with Gasteiger partial charge in [-0.05, 0) is 42.5 Å². The van der Waals surface area contributed by atoms with Crippen LogP contribution < -0.4 is 21.7 Å². The van der Waals surface area contributed by atoms with Gasteiger partial charge in [0.2, 0.25) is 0 Å². The Balaban J connectivity index is 1.42. The Kier molecular flexibility index (Phi) is 7.11. The molecule has 10 nitrogen and oxygen atoms in total. The largest absolute Gasteiger partial charge is 0.455 e. The maximum Gasteiger partial charge on any atom is 0.270 e. The van der Waals surface area contributed by atoms with Crippen molar-refractivity contribution in [1.29, 1.82) is 0 Å². The first-order valence-electron chi connectivity index (χ1n) is 13.3. The molecule has 2 amide bonds.